The number of nitrogens with zero attached hydrogens (tertiary/aromatic N) is 1. The first-order valence-electron chi connectivity index (χ1n) is 5.99. The van der Waals surface area contributed by atoms with Gasteiger partial charge in [0.25, 0.3) is 0 Å². The van der Waals surface area contributed by atoms with Gasteiger partial charge in [-0.15, -0.1) is 0 Å². The third-order valence-electron chi connectivity index (χ3n) is 3.07. The second kappa shape index (κ2) is 5.02. The van der Waals surface area contributed by atoms with Gasteiger partial charge in [0.15, 0.2) is 6.29 Å². The molecule has 0 aliphatic rings. The Hall–Kier alpha value is -2.26. The van der Waals surface area contributed by atoms with Crippen LogP contribution in [-0.2, 0) is 0 Å². The Morgan fingerprint density at radius 1 is 1.10 bits per heavy atom. The Morgan fingerprint density at radius 3 is 2.65 bits per heavy atom. The van der Waals surface area contributed by atoms with Crippen LogP contribution in [0.5, 0.6) is 0 Å². The highest BCUT2D eigenvalue weighted by Gasteiger charge is 2.11. The molecule has 2 nitrogen and oxygen atoms in total. The van der Waals surface area contributed by atoms with Crippen molar-refractivity contribution in [2.24, 2.45) is 0 Å². The largest absolute Gasteiger partial charge is 0.298 e. The molecule has 4 heteroatoms. The number of fused-ring (bicyclic) bond motifs is 1. The first kappa shape index (κ1) is 12.8. The van der Waals surface area contributed by atoms with Crippen LogP contribution in [0.4, 0.5) is 4.39 Å². The van der Waals surface area contributed by atoms with Gasteiger partial charge in [-0.2, -0.15) is 0 Å². The van der Waals surface area contributed by atoms with E-state index in [0.717, 1.165) is 6.29 Å². The summed E-state index contributed by atoms with van der Waals surface area (Å²) in [4.78, 5) is 15.6. The molecule has 0 N–H and O–H groups in total. The van der Waals surface area contributed by atoms with Gasteiger partial charge in [0, 0.05) is 27.6 Å². The maximum absolute atomic E-state index is 13.3. The lowest BCUT2D eigenvalue weighted by Gasteiger charge is -2.08. The summed E-state index contributed by atoms with van der Waals surface area (Å²) in [5.41, 5.74) is 2.04. The lowest BCUT2D eigenvalue weighted by atomic mass is 10.0. The summed E-state index contributed by atoms with van der Waals surface area (Å²) in [6.07, 6.45) is 0.731. The number of hydrogen-bond donors (Lipinski definition) is 0. The molecule has 0 unspecified atom stereocenters. The molecule has 0 spiro atoms. The minimum Gasteiger partial charge on any atom is -0.298 e. The fourth-order valence-corrected chi connectivity index (χ4v) is 2.34. The van der Waals surface area contributed by atoms with E-state index in [1.165, 1.54) is 12.1 Å². The Bertz CT molecular complexity index is 817. The number of carbonyl (C=O) groups is 1. The standard InChI is InChI=1S/C16H9ClFNO/c17-14-4-2-1-3-13(14)16-11(9-20)7-10-5-6-12(18)8-15(10)19-16/h1-9H. The summed E-state index contributed by atoms with van der Waals surface area (Å²) in [6.45, 7) is 0. The predicted octanol–water partition coefficient (Wildman–Crippen LogP) is 4.51. The molecule has 0 aliphatic carbocycles. The highest BCUT2D eigenvalue weighted by Crippen LogP contribution is 2.30. The smallest absolute Gasteiger partial charge is 0.152 e. The van der Waals surface area contributed by atoms with E-state index in [-0.39, 0.29) is 5.82 Å². The molecular formula is C16H9ClFNO. The van der Waals surface area contributed by atoms with E-state index in [4.69, 9.17) is 11.6 Å². The average Bonchev–Trinajstić information content (AvgIpc) is 2.46. The van der Waals surface area contributed by atoms with Crippen molar-refractivity contribution < 1.29 is 9.18 Å². The molecule has 20 heavy (non-hydrogen) atoms. The van der Waals surface area contributed by atoms with Gasteiger partial charge < -0.3 is 0 Å². The van der Waals surface area contributed by atoms with E-state index in [1.54, 1.807) is 30.3 Å². The number of hydrogen-bond acceptors (Lipinski definition) is 2. The van der Waals surface area contributed by atoms with Crippen LogP contribution in [0.15, 0.2) is 48.5 Å². The second-order valence-corrected chi connectivity index (χ2v) is 4.77. The fraction of sp³-hybridized carbons (Fsp3) is 0. The van der Waals surface area contributed by atoms with Crippen LogP contribution < -0.4 is 0 Å². The lowest BCUT2D eigenvalue weighted by molar-refractivity contribution is 0.112. The number of aldehydes is 1. The van der Waals surface area contributed by atoms with E-state index >= 15 is 0 Å². The molecule has 0 amide bonds. The van der Waals surface area contributed by atoms with Crippen LogP contribution in [0, 0.1) is 5.82 Å². The van der Waals surface area contributed by atoms with E-state index in [1.807, 2.05) is 6.07 Å². The molecule has 1 heterocycles. The highest BCUT2D eigenvalue weighted by molar-refractivity contribution is 6.33. The van der Waals surface area contributed by atoms with Crippen LogP contribution in [0.1, 0.15) is 10.4 Å². The van der Waals surface area contributed by atoms with Gasteiger partial charge in [0.05, 0.1) is 11.2 Å². The van der Waals surface area contributed by atoms with Gasteiger partial charge in [0.1, 0.15) is 5.82 Å². The van der Waals surface area contributed by atoms with Crippen molar-refractivity contribution >= 4 is 28.8 Å². The molecule has 0 aliphatic heterocycles. The maximum atomic E-state index is 13.3. The molecule has 0 radical (unpaired) electrons. The van der Waals surface area contributed by atoms with Crippen molar-refractivity contribution in [2.45, 2.75) is 0 Å². The summed E-state index contributed by atoms with van der Waals surface area (Å²) in [7, 11) is 0. The van der Waals surface area contributed by atoms with Crippen molar-refractivity contribution in [3.05, 3.63) is 64.9 Å². The van der Waals surface area contributed by atoms with Crippen LogP contribution in [-0.4, -0.2) is 11.3 Å². The number of benzene rings is 2. The van der Waals surface area contributed by atoms with Crippen LogP contribution in [0.3, 0.4) is 0 Å². The summed E-state index contributed by atoms with van der Waals surface area (Å²) in [5, 5.41) is 1.21. The average molecular weight is 286 g/mol. The molecule has 0 atom stereocenters. The fourth-order valence-electron chi connectivity index (χ4n) is 2.12. The van der Waals surface area contributed by atoms with Gasteiger partial charge >= 0.3 is 0 Å². The van der Waals surface area contributed by atoms with E-state index < -0.39 is 0 Å². The van der Waals surface area contributed by atoms with E-state index in [0.29, 0.717) is 32.7 Å². The van der Waals surface area contributed by atoms with Crippen molar-refractivity contribution in [1.29, 1.82) is 0 Å². The minimum atomic E-state index is -0.367. The zero-order valence-electron chi connectivity index (χ0n) is 10.3. The molecule has 2 aromatic carbocycles. The molecule has 0 fully saturated rings. The van der Waals surface area contributed by atoms with Crippen molar-refractivity contribution in [3.8, 4) is 11.3 Å². The molecule has 0 saturated carbocycles. The number of halogens is 2. The van der Waals surface area contributed by atoms with Gasteiger partial charge in [-0.05, 0) is 24.3 Å². The third-order valence-corrected chi connectivity index (χ3v) is 3.39. The lowest BCUT2D eigenvalue weighted by Crippen LogP contribution is -1.94. The van der Waals surface area contributed by atoms with Crippen molar-refractivity contribution in [2.75, 3.05) is 0 Å². The number of pyridine rings is 1. The van der Waals surface area contributed by atoms with Crippen molar-refractivity contribution in [3.63, 3.8) is 0 Å². The molecule has 98 valence electrons. The highest BCUT2D eigenvalue weighted by atomic mass is 35.5. The predicted molar refractivity (Wildman–Crippen MR) is 77.5 cm³/mol. The van der Waals surface area contributed by atoms with Gasteiger partial charge in [-0.25, -0.2) is 9.37 Å². The first-order chi connectivity index (χ1) is 9.69. The van der Waals surface area contributed by atoms with Crippen LogP contribution in [0.2, 0.25) is 5.02 Å². The molecule has 3 rings (SSSR count). The normalized spacial score (nSPS) is 10.7. The summed E-state index contributed by atoms with van der Waals surface area (Å²) in [6, 6.07) is 13.1. The molecule has 0 bridgehead atoms. The summed E-state index contributed by atoms with van der Waals surface area (Å²) >= 11 is 6.14. The first-order valence-corrected chi connectivity index (χ1v) is 6.37. The monoisotopic (exact) mass is 285 g/mol. The second-order valence-electron chi connectivity index (χ2n) is 4.36. The van der Waals surface area contributed by atoms with E-state index in [9.17, 15) is 9.18 Å². The molecule has 1 aromatic heterocycles. The van der Waals surface area contributed by atoms with Crippen LogP contribution >= 0.6 is 11.6 Å². The Kier molecular flexibility index (Phi) is 3.20. The summed E-state index contributed by atoms with van der Waals surface area (Å²) < 4.78 is 13.3. The number of carbonyl (C=O) groups excluding carboxylic acids is 1. The zero-order valence-corrected chi connectivity index (χ0v) is 11.1. The molecule has 0 saturated heterocycles. The topological polar surface area (TPSA) is 30.0 Å². The van der Waals surface area contributed by atoms with Gasteiger partial charge in [0.2, 0.25) is 0 Å². The quantitative estimate of drug-likeness (QED) is 0.649. The van der Waals surface area contributed by atoms with E-state index in [2.05, 4.69) is 4.98 Å². The summed E-state index contributed by atoms with van der Waals surface area (Å²) in [5.74, 6) is -0.367. The van der Waals surface area contributed by atoms with Crippen molar-refractivity contribution in [1.82, 2.24) is 4.98 Å². The van der Waals surface area contributed by atoms with Gasteiger partial charge in [-0.1, -0.05) is 29.8 Å². The Labute approximate surface area is 119 Å². The minimum absolute atomic E-state index is 0.367. The Balaban J connectivity index is 2.34. The Morgan fingerprint density at radius 2 is 1.90 bits per heavy atom. The number of aromatic nitrogens is 1. The van der Waals surface area contributed by atoms with Gasteiger partial charge in [-0.3, -0.25) is 4.79 Å². The number of rotatable bonds is 2. The maximum Gasteiger partial charge on any atom is 0.152 e. The third kappa shape index (κ3) is 2.17. The zero-order chi connectivity index (χ0) is 14.1. The molecular weight excluding hydrogens is 277 g/mol. The SMILES string of the molecule is O=Cc1cc2ccc(F)cc2nc1-c1ccccc1Cl. The molecule has 3 aromatic rings. The van der Waals surface area contributed by atoms with Crippen LogP contribution in [0.25, 0.3) is 22.2 Å².